The zero-order valence-corrected chi connectivity index (χ0v) is 17.4. The number of hydrogen-bond donors (Lipinski definition) is 2. The highest BCUT2D eigenvalue weighted by atomic mass is 16.2. The third-order valence-corrected chi connectivity index (χ3v) is 4.97. The molecule has 146 valence electrons. The molecule has 0 aliphatic heterocycles. The van der Waals surface area contributed by atoms with Crippen LogP contribution in [0, 0.1) is 0 Å². The number of pyridine rings is 1. The molecule has 0 atom stereocenters. The number of para-hydroxylation sites is 1. The Morgan fingerprint density at radius 3 is 2.25 bits per heavy atom. The minimum absolute atomic E-state index is 0.0119. The van der Waals surface area contributed by atoms with E-state index in [1.54, 1.807) is 12.1 Å². The second-order valence-corrected chi connectivity index (χ2v) is 9.29. The van der Waals surface area contributed by atoms with Gasteiger partial charge in [-0.25, -0.2) is 0 Å². The Hall–Kier alpha value is -2.88. The van der Waals surface area contributed by atoms with Gasteiger partial charge in [0, 0.05) is 22.8 Å². The van der Waals surface area contributed by atoms with Gasteiger partial charge in [-0.2, -0.15) is 0 Å². The number of fused-ring (bicyclic) bond motifs is 1. The summed E-state index contributed by atoms with van der Waals surface area (Å²) in [6.07, 6.45) is 1.49. The average molecular weight is 377 g/mol. The molecule has 1 aromatic heterocycles. The van der Waals surface area contributed by atoms with Crippen molar-refractivity contribution in [2.24, 2.45) is 0 Å². The molecule has 3 rings (SSSR count). The Bertz CT molecular complexity index is 1100. The predicted octanol–water partition coefficient (Wildman–Crippen LogP) is 5.38. The smallest absolute Gasteiger partial charge is 0.261 e. The molecule has 0 saturated carbocycles. The quantitative estimate of drug-likeness (QED) is 0.631. The number of carbonyl (C=O) groups is 1. The first kappa shape index (κ1) is 19.9. The Balaban J connectivity index is 2.03. The summed E-state index contributed by atoms with van der Waals surface area (Å²) in [7, 11) is 0. The summed E-state index contributed by atoms with van der Waals surface area (Å²) in [5.41, 5.74) is 3.41. The fourth-order valence-corrected chi connectivity index (χ4v) is 3.27. The van der Waals surface area contributed by atoms with Crippen LogP contribution in [0.3, 0.4) is 0 Å². The third-order valence-electron chi connectivity index (χ3n) is 4.97. The van der Waals surface area contributed by atoms with Crippen molar-refractivity contribution >= 4 is 22.5 Å². The molecule has 1 amide bonds. The number of benzene rings is 2. The largest absolute Gasteiger partial charge is 0.360 e. The van der Waals surface area contributed by atoms with E-state index in [0.29, 0.717) is 10.9 Å². The molecule has 0 saturated heterocycles. The van der Waals surface area contributed by atoms with E-state index in [1.165, 1.54) is 11.8 Å². The summed E-state index contributed by atoms with van der Waals surface area (Å²) in [5.74, 6) is -0.402. The van der Waals surface area contributed by atoms with E-state index in [4.69, 9.17) is 0 Å². The summed E-state index contributed by atoms with van der Waals surface area (Å²) < 4.78 is 0. The van der Waals surface area contributed by atoms with Gasteiger partial charge in [0.2, 0.25) is 5.43 Å². The van der Waals surface area contributed by atoms with Crippen LogP contribution in [0.15, 0.2) is 53.5 Å². The minimum Gasteiger partial charge on any atom is -0.360 e. The molecule has 2 N–H and O–H groups in total. The molecule has 0 bridgehead atoms. The molecule has 3 aromatic rings. The van der Waals surface area contributed by atoms with Gasteiger partial charge in [0.05, 0.1) is 0 Å². The molecule has 0 aliphatic rings. The number of anilines is 1. The van der Waals surface area contributed by atoms with E-state index in [9.17, 15) is 9.59 Å². The van der Waals surface area contributed by atoms with E-state index < -0.39 is 5.91 Å². The van der Waals surface area contributed by atoms with Crippen molar-refractivity contribution in [1.29, 1.82) is 0 Å². The minimum atomic E-state index is -0.402. The molecule has 0 spiro atoms. The molecule has 0 fully saturated rings. The SMILES string of the molecule is CC(C)(C)c1ccc(NC(=O)c2c[nH]c3ccccc3c2=O)c(C(C)(C)C)c1. The van der Waals surface area contributed by atoms with Gasteiger partial charge in [0.25, 0.3) is 5.91 Å². The van der Waals surface area contributed by atoms with Gasteiger partial charge >= 0.3 is 0 Å². The molecule has 28 heavy (non-hydrogen) atoms. The molecule has 4 heteroatoms. The second-order valence-electron chi connectivity index (χ2n) is 9.29. The number of rotatable bonds is 2. The number of hydrogen-bond acceptors (Lipinski definition) is 2. The molecular weight excluding hydrogens is 348 g/mol. The van der Waals surface area contributed by atoms with Crippen molar-refractivity contribution in [3.05, 3.63) is 75.6 Å². The monoisotopic (exact) mass is 376 g/mol. The highest BCUT2D eigenvalue weighted by Crippen LogP contribution is 2.34. The average Bonchev–Trinajstić information content (AvgIpc) is 2.60. The molecule has 0 aliphatic carbocycles. The fourth-order valence-electron chi connectivity index (χ4n) is 3.27. The topological polar surface area (TPSA) is 62.0 Å². The van der Waals surface area contributed by atoms with Gasteiger partial charge in [0.1, 0.15) is 5.56 Å². The Morgan fingerprint density at radius 2 is 1.61 bits per heavy atom. The van der Waals surface area contributed by atoms with Crippen LogP contribution in [0.2, 0.25) is 0 Å². The number of H-pyrrole nitrogens is 1. The molecule has 1 heterocycles. The molecule has 0 radical (unpaired) electrons. The molecule has 0 unspecified atom stereocenters. The van der Waals surface area contributed by atoms with Crippen LogP contribution in [0.25, 0.3) is 10.9 Å². The van der Waals surface area contributed by atoms with Crippen LogP contribution >= 0.6 is 0 Å². The van der Waals surface area contributed by atoms with E-state index in [2.05, 4.69) is 57.9 Å². The van der Waals surface area contributed by atoms with Gasteiger partial charge < -0.3 is 10.3 Å². The van der Waals surface area contributed by atoms with Crippen molar-refractivity contribution < 1.29 is 4.79 Å². The summed E-state index contributed by atoms with van der Waals surface area (Å²) in [5, 5.41) is 3.47. The van der Waals surface area contributed by atoms with Gasteiger partial charge in [-0.05, 0) is 40.2 Å². The highest BCUT2D eigenvalue weighted by Gasteiger charge is 2.24. The van der Waals surface area contributed by atoms with Crippen molar-refractivity contribution in [2.75, 3.05) is 5.32 Å². The van der Waals surface area contributed by atoms with Crippen LogP contribution in [0.1, 0.15) is 63.0 Å². The number of aromatic nitrogens is 1. The zero-order chi connectivity index (χ0) is 20.7. The lowest BCUT2D eigenvalue weighted by molar-refractivity contribution is 0.102. The lowest BCUT2D eigenvalue weighted by Gasteiger charge is -2.27. The summed E-state index contributed by atoms with van der Waals surface area (Å²) >= 11 is 0. The predicted molar refractivity (Wildman–Crippen MR) is 116 cm³/mol. The normalized spacial score (nSPS) is 12.2. The van der Waals surface area contributed by atoms with Crippen molar-refractivity contribution in [2.45, 2.75) is 52.4 Å². The van der Waals surface area contributed by atoms with Crippen LogP contribution in [0.5, 0.6) is 0 Å². The van der Waals surface area contributed by atoms with Crippen molar-refractivity contribution in [3.8, 4) is 0 Å². The lowest BCUT2D eigenvalue weighted by Crippen LogP contribution is -2.24. The Labute approximate surface area is 166 Å². The summed E-state index contributed by atoms with van der Waals surface area (Å²) in [4.78, 5) is 28.7. The first-order chi connectivity index (χ1) is 13.0. The van der Waals surface area contributed by atoms with E-state index in [1.807, 2.05) is 24.3 Å². The first-order valence-electron chi connectivity index (χ1n) is 9.55. The Kier molecular flexibility index (Phi) is 4.92. The lowest BCUT2D eigenvalue weighted by atomic mass is 9.80. The van der Waals surface area contributed by atoms with E-state index >= 15 is 0 Å². The third kappa shape index (κ3) is 3.86. The van der Waals surface area contributed by atoms with Gasteiger partial charge in [-0.1, -0.05) is 65.8 Å². The maximum absolute atomic E-state index is 12.9. The second kappa shape index (κ2) is 6.93. The van der Waals surface area contributed by atoms with Crippen LogP contribution in [0.4, 0.5) is 5.69 Å². The van der Waals surface area contributed by atoms with Crippen LogP contribution in [-0.2, 0) is 10.8 Å². The van der Waals surface area contributed by atoms with E-state index in [-0.39, 0.29) is 21.8 Å². The molecule has 2 aromatic carbocycles. The summed E-state index contributed by atoms with van der Waals surface area (Å²) in [6.45, 7) is 12.9. The Morgan fingerprint density at radius 1 is 0.929 bits per heavy atom. The van der Waals surface area contributed by atoms with Crippen molar-refractivity contribution in [3.63, 3.8) is 0 Å². The fraction of sp³-hybridized carbons (Fsp3) is 0.333. The van der Waals surface area contributed by atoms with Crippen LogP contribution < -0.4 is 10.7 Å². The number of amides is 1. The molecule has 4 nitrogen and oxygen atoms in total. The standard InChI is InChI=1S/C24H28N2O2/c1-23(2,3)15-11-12-20(18(13-15)24(4,5)6)26-22(28)17-14-25-19-10-8-7-9-16(19)21(17)27/h7-14H,1-6H3,(H,25,27)(H,26,28). The van der Waals surface area contributed by atoms with Gasteiger partial charge in [-0.3, -0.25) is 9.59 Å². The van der Waals surface area contributed by atoms with Crippen LogP contribution in [-0.4, -0.2) is 10.9 Å². The molecular formula is C24H28N2O2. The van der Waals surface area contributed by atoms with Gasteiger partial charge in [-0.15, -0.1) is 0 Å². The summed E-state index contributed by atoms with van der Waals surface area (Å²) in [6, 6.07) is 13.3. The maximum atomic E-state index is 12.9. The number of nitrogens with one attached hydrogen (secondary N) is 2. The van der Waals surface area contributed by atoms with E-state index in [0.717, 1.165) is 11.3 Å². The maximum Gasteiger partial charge on any atom is 0.261 e. The first-order valence-corrected chi connectivity index (χ1v) is 9.55. The highest BCUT2D eigenvalue weighted by molar-refractivity contribution is 6.06. The van der Waals surface area contributed by atoms with Crippen molar-refractivity contribution in [1.82, 2.24) is 4.98 Å². The number of aromatic amines is 1. The number of carbonyl (C=O) groups excluding carboxylic acids is 1. The zero-order valence-electron chi connectivity index (χ0n) is 17.4. The van der Waals surface area contributed by atoms with Gasteiger partial charge in [0.15, 0.2) is 0 Å².